The van der Waals surface area contributed by atoms with Crippen molar-refractivity contribution in [1.29, 1.82) is 0 Å². The Kier molecular flexibility index (Phi) is 5.02. The fourth-order valence-electron chi connectivity index (χ4n) is 1.78. The van der Waals surface area contributed by atoms with E-state index in [4.69, 9.17) is 5.73 Å². The third-order valence-corrected chi connectivity index (χ3v) is 4.26. The maximum absolute atomic E-state index is 13.3. The van der Waals surface area contributed by atoms with Gasteiger partial charge in [0.2, 0.25) is 0 Å². The van der Waals surface area contributed by atoms with Crippen LogP contribution in [0, 0.1) is 5.82 Å². The van der Waals surface area contributed by atoms with E-state index in [1.807, 2.05) is 37.3 Å². The van der Waals surface area contributed by atoms with Gasteiger partial charge in [0.1, 0.15) is 5.82 Å². The maximum atomic E-state index is 13.3. The number of halogens is 2. The average Bonchev–Trinajstić information content (AvgIpc) is 2.34. The lowest BCUT2D eigenvalue weighted by molar-refractivity contribution is 0.620. The molecule has 0 aliphatic carbocycles. The molecule has 1 unspecified atom stereocenters. The number of rotatable bonds is 4. The Bertz CT molecular complexity index is 555. The highest BCUT2D eigenvalue weighted by molar-refractivity contribution is 9.10. The van der Waals surface area contributed by atoms with Crippen LogP contribution in [0.5, 0.6) is 0 Å². The highest BCUT2D eigenvalue weighted by Gasteiger charge is 2.08. The summed E-state index contributed by atoms with van der Waals surface area (Å²) in [5.74, 6) is -0.212. The van der Waals surface area contributed by atoms with Crippen LogP contribution in [0.2, 0.25) is 0 Å². The van der Waals surface area contributed by atoms with Crippen LogP contribution in [0.15, 0.2) is 56.7 Å². The summed E-state index contributed by atoms with van der Waals surface area (Å²) in [5, 5.41) is 0. The minimum atomic E-state index is -0.212. The smallest absolute Gasteiger partial charge is 0.123 e. The van der Waals surface area contributed by atoms with Crippen LogP contribution in [-0.2, 0) is 6.42 Å². The molecule has 0 aliphatic rings. The second-order valence-corrected chi connectivity index (χ2v) is 6.52. The van der Waals surface area contributed by atoms with E-state index in [0.717, 1.165) is 19.8 Å². The Morgan fingerprint density at radius 3 is 2.53 bits per heavy atom. The van der Waals surface area contributed by atoms with E-state index in [-0.39, 0.29) is 11.9 Å². The first kappa shape index (κ1) is 14.6. The van der Waals surface area contributed by atoms with Crippen molar-refractivity contribution in [3.8, 4) is 0 Å². The van der Waals surface area contributed by atoms with E-state index in [1.165, 1.54) is 6.07 Å². The van der Waals surface area contributed by atoms with Crippen molar-refractivity contribution in [3.05, 3.63) is 58.3 Å². The molecule has 4 heteroatoms. The molecule has 19 heavy (non-hydrogen) atoms. The topological polar surface area (TPSA) is 26.0 Å². The molecule has 2 N–H and O–H groups in total. The number of benzene rings is 2. The highest BCUT2D eigenvalue weighted by Crippen LogP contribution is 2.32. The molecule has 0 saturated carbocycles. The lowest BCUT2D eigenvalue weighted by atomic mass is 10.1. The molecule has 1 atom stereocenters. The molecular formula is C15H15BrFNS. The van der Waals surface area contributed by atoms with Crippen molar-refractivity contribution in [2.45, 2.75) is 29.2 Å². The number of nitrogens with two attached hydrogens (primary N) is 1. The molecule has 0 saturated heterocycles. The molecule has 1 nitrogen and oxygen atoms in total. The van der Waals surface area contributed by atoms with Crippen molar-refractivity contribution in [1.82, 2.24) is 0 Å². The maximum Gasteiger partial charge on any atom is 0.123 e. The lowest BCUT2D eigenvalue weighted by Crippen LogP contribution is -2.18. The molecule has 0 bridgehead atoms. The minimum absolute atomic E-state index is 0.0195. The summed E-state index contributed by atoms with van der Waals surface area (Å²) in [6.07, 6.45) is 0.677. The van der Waals surface area contributed by atoms with Crippen LogP contribution in [-0.4, -0.2) is 6.04 Å². The molecule has 100 valence electrons. The van der Waals surface area contributed by atoms with E-state index in [2.05, 4.69) is 15.9 Å². The monoisotopic (exact) mass is 339 g/mol. The SMILES string of the molecule is CC(N)Cc1cc(F)ccc1Sc1ccc(Br)cc1. The summed E-state index contributed by atoms with van der Waals surface area (Å²) in [6.45, 7) is 1.93. The van der Waals surface area contributed by atoms with Gasteiger partial charge in [0.05, 0.1) is 0 Å². The van der Waals surface area contributed by atoms with Crippen molar-refractivity contribution in [2.75, 3.05) is 0 Å². The molecule has 0 aliphatic heterocycles. The zero-order chi connectivity index (χ0) is 13.8. The molecule has 2 rings (SSSR count). The zero-order valence-electron chi connectivity index (χ0n) is 10.6. The molecule has 0 fully saturated rings. The zero-order valence-corrected chi connectivity index (χ0v) is 13.0. The Morgan fingerprint density at radius 1 is 1.21 bits per heavy atom. The van der Waals surface area contributed by atoms with Gasteiger partial charge in [0, 0.05) is 20.3 Å². The first-order chi connectivity index (χ1) is 9.04. The number of hydrogen-bond donors (Lipinski definition) is 1. The second-order valence-electron chi connectivity index (χ2n) is 4.49. The first-order valence-electron chi connectivity index (χ1n) is 6.02. The third kappa shape index (κ3) is 4.34. The first-order valence-corrected chi connectivity index (χ1v) is 7.63. The van der Waals surface area contributed by atoms with Gasteiger partial charge in [0.25, 0.3) is 0 Å². The summed E-state index contributed by atoms with van der Waals surface area (Å²) in [4.78, 5) is 2.18. The fraction of sp³-hybridized carbons (Fsp3) is 0.200. The van der Waals surface area contributed by atoms with Crippen LogP contribution in [0.4, 0.5) is 4.39 Å². The van der Waals surface area contributed by atoms with Gasteiger partial charge in [-0.25, -0.2) is 4.39 Å². The van der Waals surface area contributed by atoms with Crippen molar-refractivity contribution in [2.24, 2.45) is 5.73 Å². The van der Waals surface area contributed by atoms with Crippen LogP contribution in [0.25, 0.3) is 0 Å². The molecule has 0 spiro atoms. The minimum Gasteiger partial charge on any atom is -0.328 e. The molecule has 0 aromatic heterocycles. The molecule has 2 aromatic carbocycles. The molecule has 0 radical (unpaired) electrons. The predicted molar refractivity (Wildman–Crippen MR) is 82.0 cm³/mol. The van der Waals surface area contributed by atoms with E-state index >= 15 is 0 Å². The summed E-state index contributed by atoms with van der Waals surface area (Å²) in [5.41, 5.74) is 6.78. The quantitative estimate of drug-likeness (QED) is 0.878. The molecule has 0 heterocycles. The van der Waals surface area contributed by atoms with Gasteiger partial charge >= 0.3 is 0 Å². The van der Waals surface area contributed by atoms with E-state index in [9.17, 15) is 4.39 Å². The van der Waals surface area contributed by atoms with E-state index in [0.29, 0.717) is 6.42 Å². The van der Waals surface area contributed by atoms with Gasteiger partial charge in [-0.1, -0.05) is 27.7 Å². The average molecular weight is 340 g/mol. The number of hydrogen-bond acceptors (Lipinski definition) is 2. The Morgan fingerprint density at radius 2 is 1.89 bits per heavy atom. The summed E-state index contributed by atoms with van der Waals surface area (Å²) >= 11 is 5.04. The molecule has 0 amide bonds. The van der Waals surface area contributed by atoms with Gasteiger partial charge in [-0.05, 0) is 61.4 Å². The van der Waals surface area contributed by atoms with Crippen molar-refractivity contribution < 1.29 is 4.39 Å². The van der Waals surface area contributed by atoms with Gasteiger partial charge in [-0.3, -0.25) is 0 Å². The van der Waals surface area contributed by atoms with E-state index in [1.54, 1.807) is 17.8 Å². The summed E-state index contributed by atoms with van der Waals surface area (Å²) in [6, 6.07) is 13.0. The summed E-state index contributed by atoms with van der Waals surface area (Å²) < 4.78 is 14.4. The van der Waals surface area contributed by atoms with Crippen molar-refractivity contribution in [3.63, 3.8) is 0 Å². The lowest BCUT2D eigenvalue weighted by Gasteiger charge is -2.11. The Labute approximate surface area is 125 Å². The largest absolute Gasteiger partial charge is 0.328 e. The van der Waals surface area contributed by atoms with Crippen LogP contribution >= 0.6 is 27.7 Å². The second kappa shape index (κ2) is 6.55. The Balaban J connectivity index is 2.26. The van der Waals surface area contributed by atoms with Crippen LogP contribution in [0.3, 0.4) is 0 Å². The third-order valence-electron chi connectivity index (χ3n) is 2.61. The molecule has 2 aromatic rings. The van der Waals surface area contributed by atoms with E-state index < -0.39 is 0 Å². The highest BCUT2D eigenvalue weighted by atomic mass is 79.9. The van der Waals surface area contributed by atoms with Gasteiger partial charge < -0.3 is 5.73 Å². The van der Waals surface area contributed by atoms with Gasteiger partial charge in [-0.15, -0.1) is 0 Å². The fourth-order valence-corrected chi connectivity index (χ4v) is 2.98. The summed E-state index contributed by atoms with van der Waals surface area (Å²) in [7, 11) is 0. The normalized spacial score (nSPS) is 12.4. The van der Waals surface area contributed by atoms with Crippen molar-refractivity contribution >= 4 is 27.7 Å². The predicted octanol–water partition coefficient (Wildman–Crippen LogP) is 4.63. The van der Waals surface area contributed by atoms with Crippen LogP contribution in [0.1, 0.15) is 12.5 Å². The van der Waals surface area contributed by atoms with Gasteiger partial charge in [-0.2, -0.15) is 0 Å². The Hall–Kier alpha value is -0.840. The van der Waals surface area contributed by atoms with Crippen LogP contribution < -0.4 is 5.73 Å². The van der Waals surface area contributed by atoms with Gasteiger partial charge in [0.15, 0.2) is 0 Å². The molecular weight excluding hydrogens is 325 g/mol. The standard InChI is InChI=1S/C15H15BrFNS/c1-10(18)8-11-9-13(17)4-7-15(11)19-14-5-2-12(16)3-6-14/h2-7,9-10H,8,18H2,1H3.